The van der Waals surface area contributed by atoms with E-state index in [1.165, 1.54) is 0 Å². The molecule has 0 aliphatic heterocycles. The predicted octanol–water partition coefficient (Wildman–Crippen LogP) is 1.83. The van der Waals surface area contributed by atoms with E-state index in [-0.39, 0.29) is 0 Å². The van der Waals surface area contributed by atoms with E-state index in [0.717, 1.165) is 34.6 Å². The molecule has 0 unspecified atom stereocenters. The van der Waals surface area contributed by atoms with Crippen molar-refractivity contribution in [2.45, 2.75) is 13.0 Å². The van der Waals surface area contributed by atoms with Gasteiger partial charge in [-0.15, -0.1) is 0 Å². The zero-order valence-electron chi connectivity index (χ0n) is 10.5. The van der Waals surface area contributed by atoms with Crippen molar-refractivity contribution >= 4 is 28.5 Å². The van der Waals surface area contributed by atoms with Gasteiger partial charge in [-0.1, -0.05) is 6.07 Å². The van der Waals surface area contributed by atoms with E-state index in [9.17, 15) is 0 Å². The number of hydrogen-bond donors (Lipinski definition) is 1. The average Bonchev–Trinajstić information content (AvgIpc) is 2.45. The summed E-state index contributed by atoms with van der Waals surface area (Å²) in [6.07, 6.45) is 8.19. The van der Waals surface area contributed by atoms with Crippen molar-refractivity contribution in [2.24, 2.45) is 5.73 Å². The van der Waals surface area contributed by atoms with E-state index in [0.29, 0.717) is 6.54 Å². The average molecular weight is 369 g/mol. The zero-order chi connectivity index (χ0) is 13.5. The molecular formula is C13H16IN5. The van der Waals surface area contributed by atoms with Gasteiger partial charge in [-0.3, -0.25) is 4.98 Å². The lowest BCUT2D eigenvalue weighted by atomic mass is 10.2. The van der Waals surface area contributed by atoms with Crippen molar-refractivity contribution < 1.29 is 0 Å². The summed E-state index contributed by atoms with van der Waals surface area (Å²) < 4.78 is 1.03. The van der Waals surface area contributed by atoms with Crippen LogP contribution in [0.2, 0.25) is 0 Å². The van der Waals surface area contributed by atoms with Crippen LogP contribution in [0.15, 0.2) is 36.9 Å². The Hall–Kier alpha value is -1.28. The third kappa shape index (κ3) is 4.39. The lowest BCUT2D eigenvalue weighted by Crippen LogP contribution is -2.27. The van der Waals surface area contributed by atoms with Crippen LogP contribution in [-0.2, 0) is 6.54 Å². The molecule has 0 aliphatic rings. The first-order valence-electron chi connectivity index (χ1n) is 6.11. The summed E-state index contributed by atoms with van der Waals surface area (Å²) in [6.45, 7) is 2.24. The van der Waals surface area contributed by atoms with Gasteiger partial charge in [-0.05, 0) is 47.2 Å². The van der Waals surface area contributed by atoms with Gasteiger partial charge in [-0.25, -0.2) is 9.97 Å². The molecule has 0 saturated heterocycles. The van der Waals surface area contributed by atoms with Crippen LogP contribution < -0.4 is 10.6 Å². The molecule has 100 valence electrons. The fraction of sp³-hybridized carbons (Fsp3) is 0.308. The normalized spacial score (nSPS) is 10.4. The lowest BCUT2D eigenvalue weighted by molar-refractivity contribution is 0.712. The Labute approximate surface area is 126 Å². The number of nitrogens with two attached hydrogens (primary N) is 1. The smallest absolute Gasteiger partial charge is 0.225 e. The van der Waals surface area contributed by atoms with Gasteiger partial charge in [0, 0.05) is 41.4 Å². The molecule has 0 atom stereocenters. The van der Waals surface area contributed by atoms with E-state index in [1.54, 1.807) is 6.20 Å². The van der Waals surface area contributed by atoms with Crippen LogP contribution in [0.4, 0.5) is 5.95 Å². The van der Waals surface area contributed by atoms with Crippen LogP contribution in [-0.4, -0.2) is 28.0 Å². The summed E-state index contributed by atoms with van der Waals surface area (Å²) >= 11 is 2.20. The molecular weight excluding hydrogens is 353 g/mol. The Morgan fingerprint density at radius 2 is 2.00 bits per heavy atom. The summed E-state index contributed by atoms with van der Waals surface area (Å²) in [4.78, 5) is 15.0. The van der Waals surface area contributed by atoms with Crippen molar-refractivity contribution in [3.63, 3.8) is 0 Å². The zero-order valence-corrected chi connectivity index (χ0v) is 12.7. The Bertz CT molecular complexity index is 488. The third-order valence-electron chi connectivity index (χ3n) is 2.62. The first kappa shape index (κ1) is 14.1. The second-order valence-electron chi connectivity index (χ2n) is 4.13. The van der Waals surface area contributed by atoms with E-state index >= 15 is 0 Å². The van der Waals surface area contributed by atoms with Crippen LogP contribution in [0.5, 0.6) is 0 Å². The van der Waals surface area contributed by atoms with Gasteiger partial charge in [0.05, 0.1) is 0 Å². The maximum Gasteiger partial charge on any atom is 0.225 e. The number of anilines is 1. The second kappa shape index (κ2) is 7.34. The van der Waals surface area contributed by atoms with E-state index < -0.39 is 0 Å². The fourth-order valence-electron chi connectivity index (χ4n) is 1.71. The maximum atomic E-state index is 5.59. The molecule has 19 heavy (non-hydrogen) atoms. The molecule has 2 rings (SSSR count). The van der Waals surface area contributed by atoms with Crippen molar-refractivity contribution in [2.75, 3.05) is 18.0 Å². The molecule has 2 N–H and O–H groups in total. The van der Waals surface area contributed by atoms with Crippen molar-refractivity contribution in [1.82, 2.24) is 15.0 Å². The van der Waals surface area contributed by atoms with Crippen LogP contribution >= 0.6 is 22.6 Å². The van der Waals surface area contributed by atoms with Gasteiger partial charge in [-0.2, -0.15) is 0 Å². The highest BCUT2D eigenvalue weighted by molar-refractivity contribution is 14.1. The number of halogens is 1. The summed E-state index contributed by atoms with van der Waals surface area (Å²) in [5.41, 5.74) is 6.73. The molecule has 0 bridgehead atoms. The molecule has 2 heterocycles. The van der Waals surface area contributed by atoms with E-state index in [1.807, 2.05) is 24.7 Å². The molecule has 0 aromatic carbocycles. The van der Waals surface area contributed by atoms with Gasteiger partial charge >= 0.3 is 0 Å². The van der Waals surface area contributed by atoms with Crippen LogP contribution in [0, 0.1) is 3.57 Å². The summed E-state index contributed by atoms with van der Waals surface area (Å²) in [5.74, 6) is 0.734. The topological polar surface area (TPSA) is 67.9 Å². The van der Waals surface area contributed by atoms with Gasteiger partial charge < -0.3 is 10.6 Å². The number of hydrogen-bond acceptors (Lipinski definition) is 5. The monoisotopic (exact) mass is 369 g/mol. The molecule has 2 aromatic rings. The molecule has 0 saturated carbocycles. The fourth-order valence-corrected chi connectivity index (χ4v) is 1.99. The summed E-state index contributed by atoms with van der Waals surface area (Å²) in [6, 6.07) is 3.99. The first-order valence-corrected chi connectivity index (χ1v) is 7.19. The van der Waals surface area contributed by atoms with Crippen LogP contribution in [0.25, 0.3) is 0 Å². The van der Waals surface area contributed by atoms with Crippen LogP contribution in [0.1, 0.15) is 12.0 Å². The molecule has 0 spiro atoms. The van der Waals surface area contributed by atoms with E-state index in [2.05, 4.69) is 48.5 Å². The van der Waals surface area contributed by atoms with Crippen molar-refractivity contribution in [1.29, 1.82) is 0 Å². The highest BCUT2D eigenvalue weighted by Gasteiger charge is 2.09. The minimum atomic E-state index is 0.661. The standard InChI is InChI=1S/C13H16IN5/c14-12-8-17-13(18-9-12)19(6-2-4-15)10-11-3-1-5-16-7-11/h1,3,5,7-9H,2,4,6,10,15H2. The predicted molar refractivity (Wildman–Crippen MR) is 83.7 cm³/mol. The first-order chi connectivity index (χ1) is 9.29. The lowest BCUT2D eigenvalue weighted by Gasteiger charge is -2.22. The molecule has 0 fully saturated rings. The second-order valence-corrected chi connectivity index (χ2v) is 5.37. The van der Waals surface area contributed by atoms with Crippen molar-refractivity contribution in [3.05, 3.63) is 46.1 Å². The van der Waals surface area contributed by atoms with Gasteiger partial charge in [0.1, 0.15) is 0 Å². The quantitative estimate of drug-likeness (QED) is 0.787. The van der Waals surface area contributed by atoms with Gasteiger partial charge in [0.2, 0.25) is 5.95 Å². The maximum absolute atomic E-state index is 5.59. The third-order valence-corrected chi connectivity index (χ3v) is 3.17. The highest BCUT2D eigenvalue weighted by atomic mass is 127. The van der Waals surface area contributed by atoms with Gasteiger partial charge in [0.15, 0.2) is 0 Å². The van der Waals surface area contributed by atoms with Crippen molar-refractivity contribution in [3.8, 4) is 0 Å². The number of aromatic nitrogens is 3. The summed E-state index contributed by atoms with van der Waals surface area (Å²) in [5, 5.41) is 0. The molecule has 0 amide bonds. The Kier molecular flexibility index (Phi) is 5.46. The van der Waals surface area contributed by atoms with Gasteiger partial charge in [0.25, 0.3) is 0 Å². The number of pyridine rings is 1. The van der Waals surface area contributed by atoms with E-state index in [4.69, 9.17) is 5.73 Å². The molecule has 0 radical (unpaired) electrons. The number of rotatable bonds is 6. The SMILES string of the molecule is NCCCN(Cc1cccnc1)c1ncc(I)cn1. The highest BCUT2D eigenvalue weighted by Crippen LogP contribution is 2.12. The molecule has 2 aromatic heterocycles. The largest absolute Gasteiger partial charge is 0.336 e. The Morgan fingerprint density at radius 3 is 2.63 bits per heavy atom. The Balaban J connectivity index is 2.13. The minimum Gasteiger partial charge on any atom is -0.336 e. The molecule has 0 aliphatic carbocycles. The minimum absolute atomic E-state index is 0.661. The molecule has 5 nitrogen and oxygen atoms in total. The Morgan fingerprint density at radius 1 is 1.21 bits per heavy atom. The summed E-state index contributed by atoms with van der Waals surface area (Å²) in [7, 11) is 0. The number of nitrogens with zero attached hydrogens (tertiary/aromatic N) is 4. The molecule has 6 heteroatoms. The van der Waals surface area contributed by atoms with Crippen LogP contribution in [0.3, 0.4) is 0 Å².